The van der Waals surface area contributed by atoms with Crippen LogP contribution in [-0.4, -0.2) is 0 Å². The molecule has 0 saturated heterocycles. The van der Waals surface area contributed by atoms with E-state index in [0.29, 0.717) is 0 Å². The summed E-state index contributed by atoms with van der Waals surface area (Å²) in [4.78, 5) is 2.55. The second-order valence-electron chi connectivity index (χ2n) is 17.5. The summed E-state index contributed by atoms with van der Waals surface area (Å²) in [6.07, 6.45) is 7.19. The quantitative estimate of drug-likeness (QED) is 0.176. The Hall–Kier alpha value is -6.18. The predicted molar refractivity (Wildman–Crippen MR) is 233 cm³/mol. The molecule has 0 atom stereocenters. The third-order valence-electron chi connectivity index (χ3n) is 14.1. The topological polar surface area (TPSA) is 3.24 Å². The van der Waals surface area contributed by atoms with E-state index in [9.17, 15) is 0 Å². The lowest BCUT2D eigenvalue weighted by Crippen LogP contribution is -2.26. The van der Waals surface area contributed by atoms with E-state index in [1.165, 1.54) is 106 Å². The van der Waals surface area contributed by atoms with Crippen LogP contribution in [0.15, 0.2) is 169 Å². The molecule has 7 aromatic carbocycles. The van der Waals surface area contributed by atoms with Gasteiger partial charge in [-0.1, -0.05) is 155 Å². The molecular weight excluding hydrogens is 675 g/mol. The molecule has 1 spiro atoms. The van der Waals surface area contributed by atoms with Crippen LogP contribution in [0.3, 0.4) is 0 Å². The average Bonchev–Trinajstić information content (AvgIpc) is 3.86. The van der Waals surface area contributed by atoms with Gasteiger partial charge in [-0.25, -0.2) is 0 Å². The van der Waals surface area contributed by atoms with E-state index in [2.05, 4.69) is 196 Å². The largest absolute Gasteiger partial charge is 0.310 e. The Morgan fingerprint density at radius 2 is 0.750 bits per heavy atom. The smallest absolute Gasteiger partial charge is 0.0726 e. The number of benzene rings is 7. The van der Waals surface area contributed by atoms with Gasteiger partial charge in [-0.15, -0.1) is 0 Å². The standard InChI is InChI=1S/C55H43N/c1-53(2)45-20-10-5-15-37(45)42-28-25-34(31-50(42)53)56(35-26-29-43-38-16-6-11-21-46(38)54(3,4)51(43)32-35)36-27-30-44-41-19-9-14-24-49(41)55(52(44)33-36)47-22-12-7-17-39(47)40-18-8-13-23-48(40)55/h5,7-10,12-33H,6,11H2,1-4H3. The van der Waals surface area contributed by atoms with Gasteiger partial charge in [0.15, 0.2) is 0 Å². The second kappa shape index (κ2) is 11.0. The number of hydrogen-bond donors (Lipinski definition) is 0. The molecule has 0 N–H and O–H groups in total. The van der Waals surface area contributed by atoms with Crippen molar-refractivity contribution in [2.45, 2.75) is 56.8 Å². The van der Waals surface area contributed by atoms with Crippen LogP contribution in [-0.2, 0) is 16.2 Å². The molecule has 268 valence electrons. The SMILES string of the molecule is CC1(C)C2=CCCC=C2c2ccc(N(c3ccc4c(c3)C(C)(C)c3ccccc3-4)c3ccc4c(c3)C3(c5ccccc5-c5ccccc53)c3ccccc3-4)cc21. The molecule has 0 amide bonds. The van der Waals surface area contributed by atoms with Crippen LogP contribution in [0.5, 0.6) is 0 Å². The van der Waals surface area contributed by atoms with Crippen LogP contribution in [0, 0.1) is 0 Å². The monoisotopic (exact) mass is 717 g/mol. The number of anilines is 3. The first kappa shape index (κ1) is 32.1. The Balaban J connectivity index is 1.12. The van der Waals surface area contributed by atoms with E-state index >= 15 is 0 Å². The van der Waals surface area contributed by atoms with Crippen molar-refractivity contribution >= 4 is 22.6 Å². The summed E-state index contributed by atoms with van der Waals surface area (Å²) in [6.45, 7) is 9.60. The minimum absolute atomic E-state index is 0.0637. The maximum absolute atomic E-state index is 2.55. The number of hydrogen-bond acceptors (Lipinski definition) is 1. The molecule has 0 aromatic heterocycles. The summed E-state index contributed by atoms with van der Waals surface area (Å²) in [5, 5.41) is 0. The fourth-order valence-electron chi connectivity index (χ4n) is 11.6. The van der Waals surface area contributed by atoms with Crippen molar-refractivity contribution in [3.8, 4) is 33.4 Å². The fourth-order valence-corrected chi connectivity index (χ4v) is 11.6. The summed E-state index contributed by atoms with van der Waals surface area (Å²) in [6, 6.07) is 58.1. The minimum atomic E-state index is -0.406. The van der Waals surface area contributed by atoms with E-state index in [-0.39, 0.29) is 10.8 Å². The van der Waals surface area contributed by atoms with Gasteiger partial charge in [-0.2, -0.15) is 0 Å². The van der Waals surface area contributed by atoms with Crippen LogP contribution < -0.4 is 4.90 Å². The molecule has 5 aliphatic rings. The van der Waals surface area contributed by atoms with Gasteiger partial charge in [0.2, 0.25) is 0 Å². The maximum Gasteiger partial charge on any atom is 0.0726 e. The summed E-state index contributed by atoms with van der Waals surface area (Å²) in [7, 11) is 0. The lowest BCUT2D eigenvalue weighted by molar-refractivity contribution is 0.654. The van der Waals surface area contributed by atoms with Crippen LogP contribution in [0.2, 0.25) is 0 Å². The van der Waals surface area contributed by atoms with Gasteiger partial charge in [0.25, 0.3) is 0 Å². The number of fused-ring (bicyclic) bond motifs is 16. The summed E-state index contributed by atoms with van der Waals surface area (Å²) >= 11 is 0. The highest BCUT2D eigenvalue weighted by molar-refractivity contribution is 5.97. The minimum Gasteiger partial charge on any atom is -0.310 e. The summed E-state index contributed by atoms with van der Waals surface area (Å²) in [5.74, 6) is 0. The number of allylic oxidation sites excluding steroid dienone is 4. The zero-order valence-electron chi connectivity index (χ0n) is 32.4. The molecule has 0 aliphatic heterocycles. The Morgan fingerprint density at radius 1 is 0.357 bits per heavy atom. The number of nitrogens with zero attached hydrogens (tertiary/aromatic N) is 1. The third kappa shape index (κ3) is 3.91. The van der Waals surface area contributed by atoms with Crippen molar-refractivity contribution in [2.24, 2.45) is 0 Å². The van der Waals surface area contributed by atoms with Crippen molar-refractivity contribution in [3.63, 3.8) is 0 Å². The van der Waals surface area contributed by atoms with Gasteiger partial charge in [0, 0.05) is 27.9 Å². The molecule has 0 bridgehead atoms. The first-order valence-electron chi connectivity index (χ1n) is 20.3. The molecule has 7 aromatic rings. The first-order chi connectivity index (χ1) is 27.3. The van der Waals surface area contributed by atoms with Crippen molar-refractivity contribution in [1.82, 2.24) is 0 Å². The highest BCUT2D eigenvalue weighted by atomic mass is 15.1. The van der Waals surface area contributed by atoms with E-state index in [0.717, 1.165) is 12.8 Å². The molecule has 0 radical (unpaired) electrons. The molecule has 0 unspecified atom stereocenters. The zero-order chi connectivity index (χ0) is 37.6. The van der Waals surface area contributed by atoms with E-state index < -0.39 is 5.41 Å². The van der Waals surface area contributed by atoms with Gasteiger partial charge < -0.3 is 4.90 Å². The van der Waals surface area contributed by atoms with E-state index in [4.69, 9.17) is 0 Å². The van der Waals surface area contributed by atoms with E-state index in [1.807, 2.05) is 0 Å². The van der Waals surface area contributed by atoms with Gasteiger partial charge >= 0.3 is 0 Å². The van der Waals surface area contributed by atoms with Crippen molar-refractivity contribution in [1.29, 1.82) is 0 Å². The molecule has 1 heteroatoms. The van der Waals surface area contributed by atoms with Crippen molar-refractivity contribution < 1.29 is 0 Å². The summed E-state index contributed by atoms with van der Waals surface area (Å²) in [5.41, 5.74) is 25.0. The molecule has 0 fully saturated rings. The summed E-state index contributed by atoms with van der Waals surface area (Å²) < 4.78 is 0. The predicted octanol–water partition coefficient (Wildman–Crippen LogP) is 14.2. The van der Waals surface area contributed by atoms with E-state index in [1.54, 1.807) is 0 Å². The van der Waals surface area contributed by atoms with Crippen LogP contribution in [0.4, 0.5) is 17.1 Å². The lowest BCUT2D eigenvalue weighted by atomic mass is 9.70. The van der Waals surface area contributed by atoms with Crippen LogP contribution in [0.1, 0.15) is 85.0 Å². The fraction of sp³-hybridized carbons (Fsp3) is 0.164. The van der Waals surface area contributed by atoms with Crippen molar-refractivity contribution in [2.75, 3.05) is 4.90 Å². The Bertz CT molecular complexity index is 2870. The molecule has 1 nitrogen and oxygen atoms in total. The molecule has 12 rings (SSSR count). The lowest BCUT2D eigenvalue weighted by Gasteiger charge is -2.33. The van der Waals surface area contributed by atoms with Gasteiger partial charge in [0.1, 0.15) is 0 Å². The molecule has 0 heterocycles. The Morgan fingerprint density at radius 3 is 1.30 bits per heavy atom. The van der Waals surface area contributed by atoms with Crippen molar-refractivity contribution in [3.05, 3.63) is 214 Å². The number of rotatable bonds is 3. The zero-order valence-corrected chi connectivity index (χ0v) is 32.4. The normalized spacial score (nSPS) is 17.4. The molecule has 0 saturated carbocycles. The van der Waals surface area contributed by atoms with Crippen LogP contribution >= 0.6 is 0 Å². The Labute approximate surface area is 330 Å². The van der Waals surface area contributed by atoms with Gasteiger partial charge in [0.05, 0.1) is 5.41 Å². The second-order valence-corrected chi connectivity index (χ2v) is 17.5. The first-order valence-corrected chi connectivity index (χ1v) is 20.3. The van der Waals surface area contributed by atoms with Gasteiger partial charge in [-0.3, -0.25) is 0 Å². The molecular formula is C55H43N. The third-order valence-corrected chi connectivity index (χ3v) is 14.1. The molecule has 56 heavy (non-hydrogen) atoms. The molecule has 5 aliphatic carbocycles. The average molecular weight is 718 g/mol. The highest BCUT2D eigenvalue weighted by Gasteiger charge is 2.52. The van der Waals surface area contributed by atoms with Gasteiger partial charge in [-0.05, 0) is 138 Å². The maximum atomic E-state index is 2.55. The Kier molecular flexibility index (Phi) is 6.30. The highest BCUT2D eigenvalue weighted by Crippen LogP contribution is 2.63. The van der Waals surface area contributed by atoms with Crippen LogP contribution in [0.25, 0.3) is 39.0 Å².